The number of thiophene rings is 1. The van der Waals surface area contributed by atoms with Crippen molar-refractivity contribution >= 4 is 40.3 Å². The van der Waals surface area contributed by atoms with E-state index < -0.39 is 0 Å². The van der Waals surface area contributed by atoms with Gasteiger partial charge in [0.25, 0.3) is 0 Å². The van der Waals surface area contributed by atoms with E-state index in [4.69, 9.17) is 23.2 Å². The summed E-state index contributed by atoms with van der Waals surface area (Å²) in [5.41, 5.74) is 0.584. The molecule has 1 heterocycles. The van der Waals surface area contributed by atoms with E-state index in [1.165, 1.54) is 11.3 Å². The molecule has 2 aromatic rings. The fourth-order valence-corrected chi connectivity index (χ4v) is 2.40. The zero-order valence-corrected chi connectivity index (χ0v) is 9.86. The Kier molecular flexibility index (Phi) is 3.10. The van der Waals surface area contributed by atoms with Crippen molar-refractivity contribution in [3.8, 4) is 0 Å². The van der Waals surface area contributed by atoms with Gasteiger partial charge in [0.05, 0.1) is 9.21 Å². The topological polar surface area (TPSA) is 17.1 Å². The summed E-state index contributed by atoms with van der Waals surface area (Å²) >= 11 is 12.8. The summed E-state index contributed by atoms with van der Waals surface area (Å²) in [6.07, 6.45) is 0. The Balaban J connectivity index is 2.36. The molecule has 0 bridgehead atoms. The van der Waals surface area contributed by atoms with Crippen LogP contribution in [0, 0.1) is 0 Å². The molecule has 1 aromatic heterocycles. The van der Waals surface area contributed by atoms with Crippen LogP contribution >= 0.6 is 34.5 Å². The van der Waals surface area contributed by atoms with Crippen LogP contribution in [0.25, 0.3) is 0 Å². The lowest BCUT2D eigenvalue weighted by Gasteiger charge is -1.97. The number of carbonyl (C=O) groups is 1. The lowest BCUT2D eigenvalue weighted by atomic mass is 10.1. The second-order valence-electron chi connectivity index (χ2n) is 2.94. The average Bonchev–Trinajstić information content (AvgIpc) is 2.64. The van der Waals surface area contributed by atoms with Crippen molar-refractivity contribution in [2.75, 3.05) is 0 Å². The average molecular weight is 257 g/mol. The standard InChI is InChI=1S/C11H6Cl2OS/c12-8-3-1-2-7(6-8)11(14)9-4-5-10(13)15-9/h1-6H. The maximum absolute atomic E-state index is 11.9. The van der Waals surface area contributed by atoms with Gasteiger partial charge in [-0.3, -0.25) is 4.79 Å². The number of ketones is 1. The van der Waals surface area contributed by atoms with Crippen molar-refractivity contribution in [3.63, 3.8) is 0 Å². The predicted molar refractivity (Wildman–Crippen MR) is 64.2 cm³/mol. The van der Waals surface area contributed by atoms with Gasteiger partial charge < -0.3 is 0 Å². The highest BCUT2D eigenvalue weighted by molar-refractivity contribution is 7.18. The van der Waals surface area contributed by atoms with Gasteiger partial charge in [-0.25, -0.2) is 0 Å². The molecule has 2 rings (SSSR count). The molecular weight excluding hydrogens is 251 g/mol. The predicted octanol–water partition coefficient (Wildman–Crippen LogP) is 4.29. The largest absolute Gasteiger partial charge is 0.288 e. The van der Waals surface area contributed by atoms with Crippen LogP contribution in [-0.2, 0) is 0 Å². The van der Waals surface area contributed by atoms with E-state index in [-0.39, 0.29) is 5.78 Å². The van der Waals surface area contributed by atoms with Gasteiger partial charge >= 0.3 is 0 Å². The molecule has 1 nitrogen and oxygen atoms in total. The SMILES string of the molecule is O=C(c1cccc(Cl)c1)c1ccc(Cl)s1. The molecule has 1 aromatic carbocycles. The number of hydrogen-bond acceptors (Lipinski definition) is 2. The van der Waals surface area contributed by atoms with Gasteiger partial charge in [-0.2, -0.15) is 0 Å². The van der Waals surface area contributed by atoms with Crippen LogP contribution in [0.2, 0.25) is 9.36 Å². The van der Waals surface area contributed by atoms with E-state index in [1.807, 2.05) is 0 Å². The van der Waals surface area contributed by atoms with Crippen molar-refractivity contribution in [1.29, 1.82) is 0 Å². The van der Waals surface area contributed by atoms with E-state index in [0.717, 1.165) is 0 Å². The molecule has 0 N–H and O–H groups in total. The van der Waals surface area contributed by atoms with Crippen molar-refractivity contribution in [3.05, 3.63) is 56.2 Å². The van der Waals surface area contributed by atoms with Crippen molar-refractivity contribution < 1.29 is 4.79 Å². The molecule has 0 amide bonds. The van der Waals surface area contributed by atoms with E-state index in [0.29, 0.717) is 19.8 Å². The maximum Gasteiger partial charge on any atom is 0.203 e. The van der Waals surface area contributed by atoms with Crippen LogP contribution in [0.15, 0.2) is 36.4 Å². The van der Waals surface area contributed by atoms with Gasteiger partial charge in [-0.1, -0.05) is 35.3 Å². The van der Waals surface area contributed by atoms with E-state index >= 15 is 0 Å². The van der Waals surface area contributed by atoms with E-state index in [1.54, 1.807) is 36.4 Å². The summed E-state index contributed by atoms with van der Waals surface area (Å²) in [5.74, 6) is -0.0469. The first-order valence-electron chi connectivity index (χ1n) is 4.22. The molecule has 0 unspecified atom stereocenters. The highest BCUT2D eigenvalue weighted by Crippen LogP contribution is 2.24. The first-order valence-corrected chi connectivity index (χ1v) is 5.79. The molecule has 0 spiro atoms. The summed E-state index contributed by atoms with van der Waals surface area (Å²) < 4.78 is 0.611. The minimum absolute atomic E-state index is 0.0469. The quantitative estimate of drug-likeness (QED) is 0.733. The highest BCUT2D eigenvalue weighted by Gasteiger charge is 2.11. The third-order valence-electron chi connectivity index (χ3n) is 1.88. The number of hydrogen-bond donors (Lipinski definition) is 0. The smallest absolute Gasteiger partial charge is 0.203 e. The molecule has 0 saturated carbocycles. The molecule has 4 heteroatoms. The fraction of sp³-hybridized carbons (Fsp3) is 0. The minimum Gasteiger partial charge on any atom is -0.288 e. The van der Waals surface area contributed by atoms with Crippen molar-refractivity contribution in [2.24, 2.45) is 0 Å². The minimum atomic E-state index is -0.0469. The third kappa shape index (κ3) is 2.40. The Labute approximate surface area is 101 Å². The molecule has 76 valence electrons. The monoisotopic (exact) mass is 256 g/mol. The lowest BCUT2D eigenvalue weighted by Crippen LogP contribution is -1.97. The van der Waals surface area contributed by atoms with Gasteiger partial charge in [0.15, 0.2) is 0 Å². The summed E-state index contributed by atoms with van der Waals surface area (Å²) in [6.45, 7) is 0. The van der Waals surface area contributed by atoms with Crippen molar-refractivity contribution in [1.82, 2.24) is 0 Å². The Morgan fingerprint density at radius 1 is 1.13 bits per heavy atom. The summed E-state index contributed by atoms with van der Waals surface area (Å²) in [5, 5.41) is 0.559. The summed E-state index contributed by atoms with van der Waals surface area (Å²) in [7, 11) is 0. The van der Waals surface area contributed by atoms with Gasteiger partial charge in [0.2, 0.25) is 5.78 Å². The van der Waals surface area contributed by atoms with Crippen molar-refractivity contribution in [2.45, 2.75) is 0 Å². The molecule has 0 aliphatic rings. The zero-order chi connectivity index (χ0) is 10.8. The van der Waals surface area contributed by atoms with Gasteiger partial charge in [0.1, 0.15) is 0 Å². The molecule has 0 aliphatic carbocycles. The first kappa shape index (κ1) is 10.7. The number of halogens is 2. The molecule has 0 saturated heterocycles. The summed E-state index contributed by atoms with van der Waals surface area (Å²) in [6, 6.07) is 10.3. The summed E-state index contributed by atoms with van der Waals surface area (Å²) in [4.78, 5) is 12.5. The lowest BCUT2D eigenvalue weighted by molar-refractivity contribution is 0.104. The Hall–Kier alpha value is -0.830. The molecule has 0 aliphatic heterocycles. The second-order valence-corrected chi connectivity index (χ2v) is 5.09. The van der Waals surface area contributed by atoms with E-state index in [2.05, 4.69) is 0 Å². The highest BCUT2D eigenvalue weighted by atomic mass is 35.5. The van der Waals surface area contributed by atoms with E-state index in [9.17, 15) is 4.79 Å². The van der Waals surface area contributed by atoms with Gasteiger partial charge in [-0.15, -0.1) is 11.3 Å². The molecule has 0 atom stereocenters. The maximum atomic E-state index is 11.9. The van der Waals surface area contributed by atoms with Crippen LogP contribution in [0.5, 0.6) is 0 Å². The molecule has 15 heavy (non-hydrogen) atoms. The molecule has 0 radical (unpaired) electrons. The normalized spacial score (nSPS) is 10.3. The Morgan fingerprint density at radius 2 is 1.93 bits per heavy atom. The van der Waals surface area contributed by atoms with Crippen LogP contribution < -0.4 is 0 Å². The molecular formula is C11H6Cl2OS. The third-order valence-corrected chi connectivity index (χ3v) is 3.35. The fourth-order valence-electron chi connectivity index (χ4n) is 1.21. The number of carbonyl (C=O) groups excluding carboxylic acids is 1. The van der Waals surface area contributed by atoms with Crippen LogP contribution in [0.3, 0.4) is 0 Å². The molecule has 0 fully saturated rings. The van der Waals surface area contributed by atoms with Gasteiger partial charge in [0, 0.05) is 10.6 Å². The second kappa shape index (κ2) is 4.35. The Morgan fingerprint density at radius 3 is 2.53 bits per heavy atom. The zero-order valence-electron chi connectivity index (χ0n) is 7.54. The van der Waals surface area contributed by atoms with Gasteiger partial charge in [-0.05, 0) is 24.3 Å². The van der Waals surface area contributed by atoms with Crippen LogP contribution in [0.4, 0.5) is 0 Å². The number of rotatable bonds is 2. The Bertz CT molecular complexity index is 505. The first-order chi connectivity index (χ1) is 7.16. The van der Waals surface area contributed by atoms with Crippen LogP contribution in [-0.4, -0.2) is 5.78 Å². The van der Waals surface area contributed by atoms with Crippen LogP contribution in [0.1, 0.15) is 15.2 Å². The number of benzene rings is 1.